The molecule has 0 aliphatic rings. The van der Waals surface area contributed by atoms with Crippen molar-refractivity contribution in [3.8, 4) is 5.75 Å². The fourth-order valence-corrected chi connectivity index (χ4v) is 5.69. The van der Waals surface area contributed by atoms with Crippen molar-refractivity contribution in [1.29, 1.82) is 0 Å². The summed E-state index contributed by atoms with van der Waals surface area (Å²) in [6.07, 6.45) is 0. The van der Waals surface area contributed by atoms with Gasteiger partial charge in [-0.25, -0.2) is 4.79 Å². The van der Waals surface area contributed by atoms with Crippen LogP contribution in [0.4, 0.5) is 11.4 Å². The van der Waals surface area contributed by atoms with Crippen LogP contribution in [0.15, 0.2) is 102 Å². The third kappa shape index (κ3) is 6.56. The predicted octanol–water partition coefficient (Wildman–Crippen LogP) is 4.46. The lowest BCUT2D eigenvalue weighted by Gasteiger charge is -2.24. The monoisotopic (exact) mass is 619 g/mol. The Morgan fingerprint density at radius 3 is 2.13 bits per heavy atom. The van der Waals surface area contributed by atoms with Gasteiger partial charge < -0.3 is 20.3 Å². The van der Waals surface area contributed by atoms with Crippen LogP contribution in [-0.4, -0.2) is 53.5 Å². The van der Waals surface area contributed by atoms with Crippen molar-refractivity contribution in [3.05, 3.63) is 124 Å². The highest BCUT2D eigenvalue weighted by molar-refractivity contribution is 6.15. The van der Waals surface area contributed by atoms with E-state index in [1.165, 1.54) is 14.0 Å². The van der Waals surface area contributed by atoms with Crippen LogP contribution >= 0.6 is 0 Å². The number of para-hydroxylation sites is 1. The standard InChI is InChI=1S/C36H37N5O5/c1-4-38(5-2)27-17-19-28(20-18-27)39(23-32(37)42)33(43)24-41-34-30(35(44)26-12-7-6-8-13-26)15-10-16-31(34)40(36(41)45)22-25-11-9-14-29(21-25)46-3/h6-21H,4-5,22-24H2,1-3H3,(H2,37,42). The summed E-state index contributed by atoms with van der Waals surface area (Å²) in [7, 11) is 1.57. The van der Waals surface area contributed by atoms with Crippen LogP contribution in [0.3, 0.4) is 0 Å². The molecule has 2 N–H and O–H groups in total. The van der Waals surface area contributed by atoms with Crippen LogP contribution in [0.2, 0.25) is 0 Å². The van der Waals surface area contributed by atoms with E-state index in [-0.39, 0.29) is 24.4 Å². The number of anilines is 2. The Kier molecular flexibility index (Phi) is 9.66. The van der Waals surface area contributed by atoms with Gasteiger partial charge in [-0.2, -0.15) is 0 Å². The zero-order valence-electron chi connectivity index (χ0n) is 26.2. The van der Waals surface area contributed by atoms with Crippen LogP contribution in [-0.2, 0) is 22.7 Å². The number of carbonyl (C=O) groups is 3. The summed E-state index contributed by atoms with van der Waals surface area (Å²) in [5, 5.41) is 0. The topological polar surface area (TPSA) is 120 Å². The van der Waals surface area contributed by atoms with Gasteiger partial charge in [-0.15, -0.1) is 0 Å². The Hall–Kier alpha value is -5.64. The number of aromatic nitrogens is 2. The number of amides is 2. The van der Waals surface area contributed by atoms with Crippen molar-refractivity contribution in [2.24, 2.45) is 5.73 Å². The van der Waals surface area contributed by atoms with Crippen molar-refractivity contribution in [2.45, 2.75) is 26.9 Å². The van der Waals surface area contributed by atoms with Crippen LogP contribution < -0.4 is 26.0 Å². The molecule has 0 aliphatic carbocycles. The highest BCUT2D eigenvalue weighted by Gasteiger charge is 2.25. The lowest BCUT2D eigenvalue weighted by molar-refractivity contribution is -0.122. The number of benzene rings is 4. The Morgan fingerprint density at radius 1 is 0.804 bits per heavy atom. The van der Waals surface area contributed by atoms with Crippen LogP contribution in [0.25, 0.3) is 11.0 Å². The van der Waals surface area contributed by atoms with E-state index in [2.05, 4.69) is 18.7 Å². The van der Waals surface area contributed by atoms with Crippen LogP contribution in [0.5, 0.6) is 5.75 Å². The molecule has 2 amide bonds. The number of carbonyl (C=O) groups excluding carboxylic acids is 3. The number of hydrogen-bond acceptors (Lipinski definition) is 6. The van der Waals surface area contributed by atoms with Crippen molar-refractivity contribution in [1.82, 2.24) is 9.13 Å². The molecule has 5 aromatic rings. The van der Waals surface area contributed by atoms with E-state index in [0.29, 0.717) is 28.0 Å². The number of hydrogen-bond donors (Lipinski definition) is 1. The maximum atomic E-state index is 14.2. The number of imidazole rings is 1. The second-order valence-corrected chi connectivity index (χ2v) is 10.8. The molecule has 5 rings (SSSR count). The number of primary amides is 1. The van der Waals surface area contributed by atoms with Gasteiger partial charge in [0.1, 0.15) is 18.8 Å². The molecule has 0 atom stereocenters. The molecule has 0 radical (unpaired) electrons. The van der Waals surface area contributed by atoms with Crippen molar-refractivity contribution in [2.75, 3.05) is 36.5 Å². The number of nitrogens with two attached hydrogens (primary N) is 1. The lowest BCUT2D eigenvalue weighted by Crippen LogP contribution is -2.42. The molecule has 0 bridgehead atoms. The van der Waals surface area contributed by atoms with Gasteiger partial charge in [0, 0.05) is 35.6 Å². The average Bonchev–Trinajstić information content (AvgIpc) is 3.34. The lowest BCUT2D eigenvalue weighted by atomic mass is 10.0. The molecular formula is C36H37N5O5. The van der Waals surface area contributed by atoms with Crippen LogP contribution in [0.1, 0.15) is 35.3 Å². The number of fused-ring (bicyclic) bond motifs is 1. The molecule has 10 heteroatoms. The molecule has 1 aromatic heterocycles. The van der Waals surface area contributed by atoms with E-state index in [1.807, 2.05) is 42.5 Å². The SMILES string of the molecule is CCN(CC)c1ccc(N(CC(N)=O)C(=O)Cn2c(=O)n(Cc3cccc(OC)c3)c3cccc(C(=O)c4ccccc4)c32)cc1. The second-order valence-electron chi connectivity index (χ2n) is 10.8. The van der Waals surface area contributed by atoms with Gasteiger partial charge in [0.2, 0.25) is 11.8 Å². The summed E-state index contributed by atoms with van der Waals surface area (Å²) in [6.45, 7) is 5.11. The maximum Gasteiger partial charge on any atom is 0.329 e. The third-order valence-electron chi connectivity index (χ3n) is 7.99. The molecule has 0 unspecified atom stereocenters. The first-order chi connectivity index (χ1) is 22.2. The largest absolute Gasteiger partial charge is 0.497 e. The first-order valence-corrected chi connectivity index (χ1v) is 15.1. The van der Waals surface area contributed by atoms with Crippen LogP contribution in [0, 0.1) is 0 Å². The zero-order valence-corrected chi connectivity index (χ0v) is 26.2. The Morgan fingerprint density at radius 2 is 1.48 bits per heavy atom. The van der Waals surface area contributed by atoms with Crippen molar-refractivity contribution in [3.63, 3.8) is 0 Å². The molecule has 10 nitrogen and oxygen atoms in total. The van der Waals surface area contributed by atoms with Gasteiger partial charge in [-0.3, -0.25) is 23.5 Å². The number of methoxy groups -OCH3 is 1. The summed E-state index contributed by atoms with van der Waals surface area (Å²) < 4.78 is 8.22. The molecule has 0 spiro atoms. The highest BCUT2D eigenvalue weighted by atomic mass is 16.5. The van der Waals surface area contributed by atoms with Gasteiger partial charge in [0.25, 0.3) is 0 Å². The molecule has 0 aliphatic heterocycles. The minimum absolute atomic E-state index is 0.175. The first kappa shape index (κ1) is 31.8. The van der Waals surface area contributed by atoms with E-state index < -0.39 is 24.0 Å². The smallest absolute Gasteiger partial charge is 0.329 e. The molecule has 46 heavy (non-hydrogen) atoms. The summed E-state index contributed by atoms with van der Waals surface area (Å²) in [4.78, 5) is 57.6. The fourth-order valence-electron chi connectivity index (χ4n) is 5.69. The minimum Gasteiger partial charge on any atom is -0.497 e. The molecule has 0 saturated carbocycles. The van der Waals surface area contributed by atoms with E-state index in [9.17, 15) is 19.2 Å². The Balaban J connectivity index is 1.62. The molecular weight excluding hydrogens is 582 g/mol. The van der Waals surface area contributed by atoms with E-state index >= 15 is 0 Å². The van der Waals surface area contributed by atoms with E-state index in [1.54, 1.807) is 61.7 Å². The van der Waals surface area contributed by atoms with Gasteiger partial charge in [-0.1, -0.05) is 48.5 Å². The number of ketones is 1. The predicted molar refractivity (Wildman–Crippen MR) is 180 cm³/mol. The molecule has 0 saturated heterocycles. The summed E-state index contributed by atoms with van der Waals surface area (Å²) in [6, 6.07) is 28.5. The fraction of sp³-hybridized carbons (Fsp3) is 0.222. The van der Waals surface area contributed by atoms with Gasteiger partial charge >= 0.3 is 5.69 Å². The van der Waals surface area contributed by atoms with Crippen molar-refractivity contribution < 1.29 is 19.1 Å². The molecule has 236 valence electrons. The minimum atomic E-state index is -0.700. The van der Waals surface area contributed by atoms with Gasteiger partial charge in [0.05, 0.1) is 24.7 Å². The normalized spacial score (nSPS) is 10.9. The molecule has 0 fully saturated rings. The van der Waals surface area contributed by atoms with Gasteiger partial charge in [-0.05, 0) is 67.9 Å². The maximum absolute atomic E-state index is 14.2. The van der Waals surface area contributed by atoms with Crippen molar-refractivity contribution >= 4 is 40.0 Å². The Labute approximate surface area is 267 Å². The summed E-state index contributed by atoms with van der Waals surface area (Å²) >= 11 is 0. The van der Waals surface area contributed by atoms with E-state index in [4.69, 9.17) is 10.5 Å². The number of rotatable bonds is 13. The Bertz CT molecular complexity index is 1920. The molecule has 4 aromatic carbocycles. The average molecular weight is 620 g/mol. The molecule has 1 heterocycles. The zero-order chi connectivity index (χ0) is 32.8. The number of ether oxygens (including phenoxy) is 1. The first-order valence-electron chi connectivity index (χ1n) is 15.1. The second kappa shape index (κ2) is 14.0. The quantitative estimate of drug-likeness (QED) is 0.195. The number of nitrogens with zero attached hydrogens (tertiary/aromatic N) is 4. The summed E-state index contributed by atoms with van der Waals surface area (Å²) in [5.74, 6) is -0.877. The van der Waals surface area contributed by atoms with Gasteiger partial charge in [0.15, 0.2) is 5.78 Å². The third-order valence-corrected chi connectivity index (χ3v) is 7.99. The summed E-state index contributed by atoms with van der Waals surface area (Å²) in [5.41, 5.74) is 8.89. The highest BCUT2D eigenvalue weighted by Crippen LogP contribution is 2.25. The van der Waals surface area contributed by atoms with E-state index in [0.717, 1.165) is 24.3 Å².